The molecular weight excluding hydrogens is 198 g/mol. The number of rotatable bonds is 3. The molecule has 2 saturated carbocycles. The van der Waals surface area contributed by atoms with Crippen LogP contribution in [0.5, 0.6) is 0 Å². The van der Waals surface area contributed by atoms with E-state index in [1.165, 1.54) is 19.3 Å². The van der Waals surface area contributed by atoms with Crippen LogP contribution in [0.15, 0.2) is 0 Å². The van der Waals surface area contributed by atoms with Gasteiger partial charge in [-0.1, -0.05) is 20.8 Å². The highest BCUT2D eigenvalue weighted by Gasteiger charge is 2.36. The smallest absolute Gasteiger partial charge is 0.0543 e. The summed E-state index contributed by atoms with van der Waals surface area (Å²) in [6.45, 7) is 8.24. The van der Waals surface area contributed by atoms with Crippen LogP contribution in [0, 0.1) is 17.3 Å². The molecule has 0 spiro atoms. The summed E-state index contributed by atoms with van der Waals surface area (Å²) >= 11 is 0. The highest BCUT2D eigenvalue weighted by Crippen LogP contribution is 2.41. The van der Waals surface area contributed by atoms with E-state index in [2.05, 4.69) is 26.1 Å². The number of aliphatic hydroxyl groups is 1. The molecule has 2 aliphatic carbocycles. The highest BCUT2D eigenvalue weighted by molar-refractivity contribution is 4.91. The monoisotopic (exact) mass is 225 g/mol. The third kappa shape index (κ3) is 2.98. The van der Waals surface area contributed by atoms with Crippen molar-refractivity contribution in [3.8, 4) is 0 Å². The molecule has 0 heterocycles. The Morgan fingerprint density at radius 3 is 2.50 bits per heavy atom. The molecule has 0 amide bonds. The fourth-order valence-corrected chi connectivity index (χ4v) is 3.72. The van der Waals surface area contributed by atoms with Gasteiger partial charge in [-0.05, 0) is 55.9 Å². The Balaban J connectivity index is 1.74. The summed E-state index contributed by atoms with van der Waals surface area (Å²) < 4.78 is 0. The third-order valence-corrected chi connectivity index (χ3v) is 4.52. The molecule has 0 saturated heterocycles. The predicted octanol–water partition coefficient (Wildman–Crippen LogP) is 2.56. The van der Waals surface area contributed by atoms with E-state index in [4.69, 9.17) is 0 Å². The SMILES string of the molecule is C[C@@H]1CC(C)(C)C[C@@H]1NC[C@H]1CC[C@@H](O)C1. The van der Waals surface area contributed by atoms with Gasteiger partial charge in [-0.25, -0.2) is 0 Å². The second kappa shape index (κ2) is 4.66. The quantitative estimate of drug-likeness (QED) is 0.773. The summed E-state index contributed by atoms with van der Waals surface area (Å²) in [7, 11) is 0. The van der Waals surface area contributed by atoms with Crippen LogP contribution in [0.3, 0.4) is 0 Å². The van der Waals surface area contributed by atoms with Gasteiger partial charge in [-0.15, -0.1) is 0 Å². The van der Waals surface area contributed by atoms with Gasteiger partial charge in [0.15, 0.2) is 0 Å². The normalized spacial score (nSPS) is 42.8. The van der Waals surface area contributed by atoms with Crippen molar-refractivity contribution >= 4 is 0 Å². The topological polar surface area (TPSA) is 32.3 Å². The minimum Gasteiger partial charge on any atom is -0.393 e. The maximum absolute atomic E-state index is 9.50. The number of hydrogen-bond acceptors (Lipinski definition) is 2. The van der Waals surface area contributed by atoms with Gasteiger partial charge in [0, 0.05) is 6.04 Å². The Morgan fingerprint density at radius 2 is 2.00 bits per heavy atom. The Hall–Kier alpha value is -0.0800. The summed E-state index contributed by atoms with van der Waals surface area (Å²) in [6, 6.07) is 0.702. The zero-order chi connectivity index (χ0) is 11.8. The van der Waals surface area contributed by atoms with Gasteiger partial charge in [0.05, 0.1) is 6.10 Å². The minimum absolute atomic E-state index is 0.0238. The molecule has 0 unspecified atom stereocenters. The van der Waals surface area contributed by atoms with Crippen molar-refractivity contribution in [2.45, 2.75) is 65.0 Å². The van der Waals surface area contributed by atoms with E-state index in [9.17, 15) is 5.11 Å². The van der Waals surface area contributed by atoms with Crippen LogP contribution < -0.4 is 5.32 Å². The second-order valence-corrected chi connectivity index (χ2v) is 6.90. The van der Waals surface area contributed by atoms with E-state index in [0.717, 1.165) is 25.3 Å². The van der Waals surface area contributed by atoms with Crippen molar-refractivity contribution < 1.29 is 5.11 Å². The molecule has 0 bridgehead atoms. The lowest BCUT2D eigenvalue weighted by molar-refractivity contribution is 0.176. The molecule has 0 aromatic rings. The lowest BCUT2D eigenvalue weighted by atomic mass is 9.91. The van der Waals surface area contributed by atoms with E-state index in [-0.39, 0.29) is 6.10 Å². The van der Waals surface area contributed by atoms with Gasteiger partial charge < -0.3 is 10.4 Å². The van der Waals surface area contributed by atoms with Crippen LogP contribution in [-0.4, -0.2) is 23.8 Å². The van der Waals surface area contributed by atoms with Gasteiger partial charge in [0.25, 0.3) is 0 Å². The largest absolute Gasteiger partial charge is 0.393 e. The van der Waals surface area contributed by atoms with Crippen LogP contribution in [0.2, 0.25) is 0 Å². The first kappa shape index (κ1) is 12.4. The Morgan fingerprint density at radius 1 is 1.25 bits per heavy atom. The molecule has 0 aromatic heterocycles. The predicted molar refractivity (Wildman–Crippen MR) is 67.3 cm³/mol. The van der Waals surface area contributed by atoms with E-state index in [1.807, 2.05) is 0 Å². The fraction of sp³-hybridized carbons (Fsp3) is 1.00. The minimum atomic E-state index is -0.0238. The van der Waals surface area contributed by atoms with Gasteiger partial charge >= 0.3 is 0 Å². The van der Waals surface area contributed by atoms with E-state index < -0.39 is 0 Å². The number of aliphatic hydroxyl groups excluding tert-OH is 1. The molecule has 0 aliphatic heterocycles. The zero-order valence-corrected chi connectivity index (χ0v) is 11.0. The molecule has 0 aromatic carbocycles. The standard InChI is InChI=1S/C14H27NO/c1-10-7-14(2,3)8-13(10)15-9-11-4-5-12(16)6-11/h10-13,15-16H,4-9H2,1-3H3/t10-,11+,12-,13+/m1/s1. The molecule has 2 rings (SSSR count). The molecule has 94 valence electrons. The molecule has 2 fully saturated rings. The second-order valence-electron chi connectivity index (χ2n) is 6.90. The van der Waals surface area contributed by atoms with Gasteiger partial charge in [0.1, 0.15) is 0 Å². The lowest BCUT2D eigenvalue weighted by Crippen LogP contribution is -2.35. The van der Waals surface area contributed by atoms with Crippen molar-refractivity contribution in [2.75, 3.05) is 6.54 Å². The van der Waals surface area contributed by atoms with Crippen LogP contribution >= 0.6 is 0 Å². The first-order valence-electron chi connectivity index (χ1n) is 6.88. The first-order valence-corrected chi connectivity index (χ1v) is 6.88. The van der Waals surface area contributed by atoms with Crippen molar-refractivity contribution in [2.24, 2.45) is 17.3 Å². The average Bonchev–Trinajstić information content (AvgIpc) is 2.67. The molecule has 2 heteroatoms. The molecule has 4 atom stereocenters. The number of nitrogens with one attached hydrogen (secondary N) is 1. The Kier molecular flexibility index (Phi) is 3.60. The van der Waals surface area contributed by atoms with Crippen LogP contribution in [0.1, 0.15) is 52.9 Å². The summed E-state index contributed by atoms with van der Waals surface area (Å²) in [5.41, 5.74) is 0.520. The number of hydrogen-bond donors (Lipinski definition) is 2. The molecule has 0 radical (unpaired) electrons. The lowest BCUT2D eigenvalue weighted by Gasteiger charge is -2.20. The fourth-order valence-electron chi connectivity index (χ4n) is 3.72. The Bertz CT molecular complexity index is 239. The van der Waals surface area contributed by atoms with Crippen molar-refractivity contribution in [1.82, 2.24) is 5.32 Å². The van der Waals surface area contributed by atoms with E-state index in [1.54, 1.807) is 0 Å². The van der Waals surface area contributed by atoms with Crippen molar-refractivity contribution in [3.63, 3.8) is 0 Å². The summed E-state index contributed by atoms with van der Waals surface area (Å²) in [5.74, 6) is 1.52. The van der Waals surface area contributed by atoms with Crippen molar-refractivity contribution in [3.05, 3.63) is 0 Å². The van der Waals surface area contributed by atoms with E-state index >= 15 is 0 Å². The van der Waals surface area contributed by atoms with Crippen LogP contribution in [-0.2, 0) is 0 Å². The van der Waals surface area contributed by atoms with Gasteiger partial charge in [0.2, 0.25) is 0 Å². The summed E-state index contributed by atoms with van der Waals surface area (Å²) in [5, 5.41) is 13.2. The highest BCUT2D eigenvalue weighted by atomic mass is 16.3. The average molecular weight is 225 g/mol. The molecule has 2 aliphatic rings. The van der Waals surface area contributed by atoms with Crippen LogP contribution in [0.4, 0.5) is 0 Å². The van der Waals surface area contributed by atoms with E-state index in [0.29, 0.717) is 17.4 Å². The van der Waals surface area contributed by atoms with Gasteiger partial charge in [-0.2, -0.15) is 0 Å². The third-order valence-electron chi connectivity index (χ3n) is 4.52. The summed E-state index contributed by atoms with van der Waals surface area (Å²) in [6.07, 6.45) is 5.86. The molecule has 16 heavy (non-hydrogen) atoms. The van der Waals surface area contributed by atoms with Crippen LogP contribution in [0.25, 0.3) is 0 Å². The van der Waals surface area contributed by atoms with Crippen molar-refractivity contribution in [1.29, 1.82) is 0 Å². The summed E-state index contributed by atoms with van der Waals surface area (Å²) in [4.78, 5) is 0. The zero-order valence-electron chi connectivity index (χ0n) is 11.0. The first-order chi connectivity index (χ1) is 7.46. The Labute approximate surface area is 99.8 Å². The molecule has 2 nitrogen and oxygen atoms in total. The molecular formula is C14H27NO. The maximum atomic E-state index is 9.50. The van der Waals surface area contributed by atoms with Gasteiger partial charge in [-0.3, -0.25) is 0 Å². The maximum Gasteiger partial charge on any atom is 0.0543 e. The molecule has 2 N–H and O–H groups in total.